The maximum atomic E-state index is 12.1. The monoisotopic (exact) mass is 212 g/mol. The van der Waals surface area contributed by atoms with E-state index < -0.39 is 0 Å². The van der Waals surface area contributed by atoms with E-state index in [1.54, 1.807) is 0 Å². The minimum atomic E-state index is 0.231. The standard InChI is InChI=1S/C12H24N2O/c1-4-13(5-2)12(15)14-9-6-7-11(3)8-10-14/h11H,4-10H2,1-3H3. The van der Waals surface area contributed by atoms with Crippen molar-refractivity contribution in [2.24, 2.45) is 5.92 Å². The fourth-order valence-corrected chi connectivity index (χ4v) is 2.15. The first-order valence-corrected chi connectivity index (χ1v) is 6.22. The van der Waals surface area contributed by atoms with Crippen LogP contribution in [0.4, 0.5) is 4.79 Å². The molecule has 1 atom stereocenters. The number of carbonyl (C=O) groups excluding carboxylic acids is 1. The number of rotatable bonds is 2. The van der Waals surface area contributed by atoms with Crippen molar-refractivity contribution in [1.82, 2.24) is 9.80 Å². The van der Waals surface area contributed by atoms with Gasteiger partial charge in [-0.25, -0.2) is 4.79 Å². The summed E-state index contributed by atoms with van der Waals surface area (Å²) >= 11 is 0. The Hall–Kier alpha value is -0.730. The Labute approximate surface area is 93.4 Å². The van der Waals surface area contributed by atoms with E-state index in [9.17, 15) is 4.79 Å². The van der Waals surface area contributed by atoms with Crippen LogP contribution >= 0.6 is 0 Å². The molecular formula is C12H24N2O. The molecule has 0 N–H and O–H groups in total. The molecule has 0 aromatic heterocycles. The number of amides is 2. The van der Waals surface area contributed by atoms with Gasteiger partial charge in [0.25, 0.3) is 0 Å². The predicted molar refractivity (Wildman–Crippen MR) is 62.9 cm³/mol. The van der Waals surface area contributed by atoms with Gasteiger partial charge in [0.1, 0.15) is 0 Å². The number of urea groups is 1. The van der Waals surface area contributed by atoms with E-state index >= 15 is 0 Å². The molecule has 3 nitrogen and oxygen atoms in total. The number of nitrogens with zero attached hydrogens (tertiary/aromatic N) is 2. The van der Waals surface area contributed by atoms with Crippen LogP contribution < -0.4 is 0 Å². The molecule has 0 aromatic carbocycles. The summed E-state index contributed by atoms with van der Waals surface area (Å²) < 4.78 is 0. The van der Waals surface area contributed by atoms with Crippen molar-refractivity contribution in [2.75, 3.05) is 26.2 Å². The summed E-state index contributed by atoms with van der Waals surface area (Å²) in [6.07, 6.45) is 3.59. The van der Waals surface area contributed by atoms with E-state index in [1.807, 2.05) is 23.6 Å². The third-order valence-electron chi connectivity index (χ3n) is 3.32. The molecule has 3 heteroatoms. The molecule has 1 unspecified atom stereocenters. The molecule has 15 heavy (non-hydrogen) atoms. The SMILES string of the molecule is CCN(CC)C(=O)N1CCCC(C)CC1. The summed E-state index contributed by atoms with van der Waals surface area (Å²) in [6, 6.07) is 0.231. The second-order valence-electron chi connectivity index (χ2n) is 4.48. The van der Waals surface area contributed by atoms with Gasteiger partial charge in [0, 0.05) is 26.2 Å². The van der Waals surface area contributed by atoms with Gasteiger partial charge in [-0.15, -0.1) is 0 Å². The Balaban J connectivity index is 2.51. The van der Waals surface area contributed by atoms with Gasteiger partial charge >= 0.3 is 6.03 Å². The van der Waals surface area contributed by atoms with Gasteiger partial charge in [0.15, 0.2) is 0 Å². The quantitative estimate of drug-likeness (QED) is 0.690. The minimum Gasteiger partial charge on any atom is -0.325 e. The van der Waals surface area contributed by atoms with Gasteiger partial charge in [0.05, 0.1) is 0 Å². The zero-order chi connectivity index (χ0) is 11.3. The lowest BCUT2D eigenvalue weighted by Crippen LogP contribution is -2.43. The number of hydrogen-bond acceptors (Lipinski definition) is 1. The molecule has 0 spiro atoms. The van der Waals surface area contributed by atoms with Crippen molar-refractivity contribution in [1.29, 1.82) is 0 Å². The fraction of sp³-hybridized carbons (Fsp3) is 0.917. The average Bonchev–Trinajstić information content (AvgIpc) is 2.44. The zero-order valence-corrected chi connectivity index (χ0v) is 10.3. The average molecular weight is 212 g/mol. The van der Waals surface area contributed by atoms with Crippen LogP contribution in [0.5, 0.6) is 0 Å². The van der Waals surface area contributed by atoms with Crippen LogP contribution in [0.3, 0.4) is 0 Å². The summed E-state index contributed by atoms with van der Waals surface area (Å²) in [5, 5.41) is 0. The van der Waals surface area contributed by atoms with E-state index in [0.29, 0.717) is 0 Å². The Kier molecular flexibility index (Phi) is 4.92. The topological polar surface area (TPSA) is 23.6 Å². The molecule has 1 saturated heterocycles. The van der Waals surface area contributed by atoms with Crippen LogP contribution in [0.2, 0.25) is 0 Å². The Bertz CT molecular complexity index is 202. The van der Waals surface area contributed by atoms with Gasteiger partial charge < -0.3 is 9.80 Å². The van der Waals surface area contributed by atoms with Crippen LogP contribution in [-0.4, -0.2) is 42.0 Å². The first kappa shape index (κ1) is 12.3. The normalized spacial score (nSPS) is 22.3. The van der Waals surface area contributed by atoms with Crippen molar-refractivity contribution in [3.63, 3.8) is 0 Å². The molecule has 2 amide bonds. The third-order valence-corrected chi connectivity index (χ3v) is 3.32. The van der Waals surface area contributed by atoms with Gasteiger partial charge in [0.2, 0.25) is 0 Å². The van der Waals surface area contributed by atoms with Crippen LogP contribution in [-0.2, 0) is 0 Å². The van der Waals surface area contributed by atoms with Gasteiger partial charge in [-0.05, 0) is 39.0 Å². The summed E-state index contributed by atoms with van der Waals surface area (Å²) in [4.78, 5) is 16.0. The van der Waals surface area contributed by atoms with Crippen molar-refractivity contribution in [3.05, 3.63) is 0 Å². The lowest BCUT2D eigenvalue weighted by atomic mass is 10.0. The molecule has 1 rings (SSSR count). The molecule has 0 aliphatic carbocycles. The van der Waals surface area contributed by atoms with Crippen molar-refractivity contribution in [2.45, 2.75) is 40.0 Å². The summed E-state index contributed by atoms with van der Waals surface area (Å²) in [6.45, 7) is 9.90. The van der Waals surface area contributed by atoms with E-state index in [-0.39, 0.29) is 6.03 Å². The van der Waals surface area contributed by atoms with Crippen LogP contribution in [0, 0.1) is 5.92 Å². The van der Waals surface area contributed by atoms with E-state index in [4.69, 9.17) is 0 Å². The minimum absolute atomic E-state index is 0.231. The maximum Gasteiger partial charge on any atom is 0.319 e. The molecule has 1 fully saturated rings. The lowest BCUT2D eigenvalue weighted by Gasteiger charge is -2.28. The largest absolute Gasteiger partial charge is 0.325 e. The summed E-state index contributed by atoms with van der Waals surface area (Å²) in [7, 11) is 0. The van der Waals surface area contributed by atoms with E-state index in [1.165, 1.54) is 6.42 Å². The van der Waals surface area contributed by atoms with E-state index in [2.05, 4.69) is 6.92 Å². The molecule has 0 aromatic rings. The Morgan fingerprint density at radius 2 is 1.93 bits per heavy atom. The second-order valence-corrected chi connectivity index (χ2v) is 4.48. The molecule has 1 heterocycles. The molecule has 0 saturated carbocycles. The van der Waals surface area contributed by atoms with Crippen molar-refractivity contribution < 1.29 is 4.79 Å². The molecule has 1 aliphatic rings. The highest BCUT2D eigenvalue weighted by molar-refractivity contribution is 5.74. The summed E-state index contributed by atoms with van der Waals surface area (Å²) in [5.74, 6) is 0.777. The number of likely N-dealkylation sites (tertiary alicyclic amines) is 1. The first-order valence-electron chi connectivity index (χ1n) is 6.22. The molecule has 0 bridgehead atoms. The first-order chi connectivity index (χ1) is 7.19. The number of carbonyl (C=O) groups is 1. The van der Waals surface area contributed by atoms with Crippen LogP contribution in [0.1, 0.15) is 40.0 Å². The highest BCUT2D eigenvalue weighted by atomic mass is 16.2. The van der Waals surface area contributed by atoms with Gasteiger partial charge in [-0.3, -0.25) is 0 Å². The smallest absolute Gasteiger partial charge is 0.319 e. The molecular weight excluding hydrogens is 188 g/mol. The Morgan fingerprint density at radius 1 is 1.27 bits per heavy atom. The highest BCUT2D eigenvalue weighted by Crippen LogP contribution is 2.17. The summed E-state index contributed by atoms with van der Waals surface area (Å²) in [5.41, 5.74) is 0. The highest BCUT2D eigenvalue weighted by Gasteiger charge is 2.21. The zero-order valence-electron chi connectivity index (χ0n) is 10.3. The van der Waals surface area contributed by atoms with Gasteiger partial charge in [-0.2, -0.15) is 0 Å². The maximum absolute atomic E-state index is 12.1. The predicted octanol–water partition coefficient (Wildman–Crippen LogP) is 2.57. The fourth-order valence-electron chi connectivity index (χ4n) is 2.15. The van der Waals surface area contributed by atoms with Crippen molar-refractivity contribution in [3.8, 4) is 0 Å². The van der Waals surface area contributed by atoms with E-state index in [0.717, 1.165) is 44.9 Å². The Morgan fingerprint density at radius 3 is 2.53 bits per heavy atom. The lowest BCUT2D eigenvalue weighted by molar-refractivity contribution is 0.158. The van der Waals surface area contributed by atoms with Gasteiger partial charge in [-0.1, -0.05) is 6.92 Å². The third kappa shape index (κ3) is 3.40. The molecule has 88 valence electrons. The van der Waals surface area contributed by atoms with Crippen LogP contribution in [0.15, 0.2) is 0 Å². The molecule has 0 radical (unpaired) electrons. The van der Waals surface area contributed by atoms with Crippen LogP contribution in [0.25, 0.3) is 0 Å². The second kappa shape index (κ2) is 5.99. The van der Waals surface area contributed by atoms with Crippen molar-refractivity contribution >= 4 is 6.03 Å². The number of hydrogen-bond donors (Lipinski definition) is 0. The molecule has 1 aliphatic heterocycles.